The second-order valence-corrected chi connectivity index (χ2v) is 5.53. The molecule has 0 saturated heterocycles. The van der Waals surface area contributed by atoms with Crippen LogP contribution in [0.15, 0.2) is 48.8 Å². The molecule has 0 saturated carbocycles. The third-order valence-electron chi connectivity index (χ3n) is 3.99. The molecule has 1 aromatic heterocycles. The van der Waals surface area contributed by atoms with Crippen molar-refractivity contribution in [2.45, 2.75) is 30.6 Å². The quantitative estimate of drug-likeness (QED) is 0.754. The summed E-state index contributed by atoms with van der Waals surface area (Å²) in [6, 6.07) is 12.7. The number of halogens is 1. The number of nitrogens with zero attached hydrogens (tertiary/aromatic N) is 1. The van der Waals surface area contributed by atoms with Gasteiger partial charge in [-0.2, -0.15) is 0 Å². The van der Waals surface area contributed by atoms with Gasteiger partial charge in [0.25, 0.3) is 0 Å². The standard InChI is InChI=1S/C16H16ClN/c1-11(12-6-8-18-9-7-12)16(17)15-10-13-4-2-3-5-14(13)15/h2-9,11,15-16H,10H2,1H3. The molecule has 0 aliphatic heterocycles. The van der Waals surface area contributed by atoms with Crippen molar-refractivity contribution < 1.29 is 0 Å². The van der Waals surface area contributed by atoms with Gasteiger partial charge in [0.15, 0.2) is 0 Å². The lowest BCUT2D eigenvalue weighted by atomic mass is 9.72. The van der Waals surface area contributed by atoms with Crippen molar-refractivity contribution in [3.63, 3.8) is 0 Å². The second kappa shape index (κ2) is 4.74. The van der Waals surface area contributed by atoms with Crippen molar-refractivity contribution in [1.29, 1.82) is 0 Å². The Hall–Kier alpha value is -1.34. The van der Waals surface area contributed by atoms with Gasteiger partial charge in [0, 0.05) is 23.7 Å². The Kier molecular flexibility index (Phi) is 3.09. The molecular formula is C16H16ClN. The van der Waals surface area contributed by atoms with Crippen LogP contribution >= 0.6 is 11.6 Å². The molecule has 0 fully saturated rings. The number of hydrogen-bond acceptors (Lipinski definition) is 1. The SMILES string of the molecule is CC(c1ccncc1)C(Cl)C1Cc2ccccc21. The van der Waals surface area contributed by atoms with Crippen molar-refractivity contribution >= 4 is 11.6 Å². The van der Waals surface area contributed by atoms with E-state index in [0.29, 0.717) is 11.8 Å². The van der Waals surface area contributed by atoms with Crippen LogP contribution in [0.1, 0.15) is 35.4 Å². The van der Waals surface area contributed by atoms with Crippen LogP contribution in [-0.4, -0.2) is 10.4 Å². The van der Waals surface area contributed by atoms with Gasteiger partial charge >= 0.3 is 0 Å². The van der Waals surface area contributed by atoms with Crippen LogP contribution in [0.3, 0.4) is 0 Å². The predicted octanol–water partition coefficient (Wildman–Crippen LogP) is 4.13. The van der Waals surface area contributed by atoms with Crippen LogP contribution < -0.4 is 0 Å². The first-order valence-electron chi connectivity index (χ1n) is 6.39. The van der Waals surface area contributed by atoms with E-state index < -0.39 is 0 Å². The molecule has 1 aromatic carbocycles. The zero-order chi connectivity index (χ0) is 12.5. The number of fused-ring (bicyclic) bond motifs is 1. The Morgan fingerprint density at radius 2 is 1.89 bits per heavy atom. The second-order valence-electron chi connectivity index (χ2n) is 5.02. The largest absolute Gasteiger partial charge is 0.265 e. The Morgan fingerprint density at radius 3 is 2.61 bits per heavy atom. The van der Waals surface area contributed by atoms with Gasteiger partial charge in [-0.3, -0.25) is 4.98 Å². The van der Waals surface area contributed by atoms with Crippen LogP contribution in [0.25, 0.3) is 0 Å². The summed E-state index contributed by atoms with van der Waals surface area (Å²) in [7, 11) is 0. The number of rotatable bonds is 3. The Labute approximate surface area is 113 Å². The normalized spacial score (nSPS) is 20.7. The maximum Gasteiger partial charge on any atom is 0.0473 e. The van der Waals surface area contributed by atoms with Crippen LogP contribution in [0.2, 0.25) is 0 Å². The third kappa shape index (κ3) is 1.93. The summed E-state index contributed by atoms with van der Waals surface area (Å²) in [4.78, 5) is 4.06. The zero-order valence-electron chi connectivity index (χ0n) is 10.4. The summed E-state index contributed by atoms with van der Waals surface area (Å²) < 4.78 is 0. The average molecular weight is 258 g/mol. The minimum absolute atomic E-state index is 0.155. The Bertz CT molecular complexity index is 536. The fraction of sp³-hybridized carbons (Fsp3) is 0.312. The van der Waals surface area contributed by atoms with Gasteiger partial charge < -0.3 is 0 Å². The third-order valence-corrected chi connectivity index (χ3v) is 4.67. The van der Waals surface area contributed by atoms with E-state index in [1.54, 1.807) is 0 Å². The predicted molar refractivity (Wildman–Crippen MR) is 75.2 cm³/mol. The first-order chi connectivity index (χ1) is 8.77. The molecule has 2 heteroatoms. The van der Waals surface area contributed by atoms with Gasteiger partial charge in [0.05, 0.1) is 0 Å². The zero-order valence-corrected chi connectivity index (χ0v) is 11.1. The van der Waals surface area contributed by atoms with Crippen molar-refractivity contribution in [3.8, 4) is 0 Å². The Morgan fingerprint density at radius 1 is 1.17 bits per heavy atom. The average Bonchev–Trinajstić information content (AvgIpc) is 2.40. The maximum atomic E-state index is 6.67. The number of pyridine rings is 1. The first-order valence-corrected chi connectivity index (χ1v) is 6.83. The van der Waals surface area contributed by atoms with E-state index in [0.717, 1.165) is 6.42 Å². The molecule has 18 heavy (non-hydrogen) atoms. The molecule has 1 aliphatic carbocycles. The fourth-order valence-corrected chi connectivity index (χ4v) is 3.15. The van der Waals surface area contributed by atoms with Crippen molar-refractivity contribution in [2.24, 2.45) is 0 Å². The molecular weight excluding hydrogens is 242 g/mol. The minimum Gasteiger partial charge on any atom is -0.265 e. The summed E-state index contributed by atoms with van der Waals surface area (Å²) in [6.45, 7) is 2.20. The lowest BCUT2D eigenvalue weighted by Gasteiger charge is -2.36. The maximum absolute atomic E-state index is 6.67. The van der Waals surface area contributed by atoms with E-state index in [2.05, 4.69) is 48.3 Å². The van der Waals surface area contributed by atoms with Crippen molar-refractivity contribution in [3.05, 3.63) is 65.5 Å². The number of benzene rings is 1. The molecule has 0 amide bonds. The van der Waals surface area contributed by atoms with Gasteiger partial charge in [0.1, 0.15) is 0 Å². The molecule has 0 radical (unpaired) electrons. The van der Waals surface area contributed by atoms with Gasteiger partial charge in [-0.25, -0.2) is 0 Å². The van der Waals surface area contributed by atoms with Gasteiger partial charge in [0.2, 0.25) is 0 Å². The van der Waals surface area contributed by atoms with E-state index in [1.807, 2.05) is 12.4 Å². The molecule has 0 spiro atoms. The van der Waals surface area contributed by atoms with Gasteiger partial charge in [-0.15, -0.1) is 11.6 Å². The highest BCUT2D eigenvalue weighted by Gasteiger charge is 2.34. The van der Waals surface area contributed by atoms with E-state index >= 15 is 0 Å². The molecule has 1 aliphatic rings. The monoisotopic (exact) mass is 257 g/mol. The minimum atomic E-state index is 0.155. The van der Waals surface area contributed by atoms with E-state index in [4.69, 9.17) is 11.6 Å². The molecule has 1 heterocycles. The van der Waals surface area contributed by atoms with Gasteiger partial charge in [-0.1, -0.05) is 31.2 Å². The molecule has 92 valence electrons. The van der Waals surface area contributed by atoms with Crippen LogP contribution in [0.5, 0.6) is 0 Å². The van der Waals surface area contributed by atoms with Crippen molar-refractivity contribution in [1.82, 2.24) is 4.98 Å². The highest BCUT2D eigenvalue weighted by Crippen LogP contribution is 2.44. The summed E-state index contributed by atoms with van der Waals surface area (Å²) in [5.74, 6) is 0.846. The molecule has 0 bridgehead atoms. The van der Waals surface area contributed by atoms with E-state index in [9.17, 15) is 0 Å². The molecule has 3 atom stereocenters. The summed E-state index contributed by atoms with van der Waals surface area (Å²) >= 11 is 6.67. The van der Waals surface area contributed by atoms with Crippen LogP contribution in [-0.2, 0) is 6.42 Å². The lowest BCUT2D eigenvalue weighted by Crippen LogP contribution is -2.29. The van der Waals surface area contributed by atoms with E-state index in [-0.39, 0.29) is 5.38 Å². The topological polar surface area (TPSA) is 12.9 Å². The molecule has 3 unspecified atom stereocenters. The number of hydrogen-bond donors (Lipinski definition) is 0. The number of aromatic nitrogens is 1. The van der Waals surface area contributed by atoms with Crippen LogP contribution in [0.4, 0.5) is 0 Å². The summed E-state index contributed by atoms with van der Waals surface area (Å²) in [5, 5.41) is 0.155. The highest BCUT2D eigenvalue weighted by molar-refractivity contribution is 6.21. The molecule has 2 aromatic rings. The van der Waals surface area contributed by atoms with Crippen molar-refractivity contribution in [2.75, 3.05) is 0 Å². The molecule has 3 rings (SSSR count). The summed E-state index contributed by atoms with van der Waals surface area (Å²) in [5.41, 5.74) is 4.16. The molecule has 0 N–H and O–H groups in total. The fourth-order valence-electron chi connectivity index (χ4n) is 2.78. The first kappa shape index (κ1) is 11.7. The van der Waals surface area contributed by atoms with Crippen LogP contribution in [0, 0.1) is 0 Å². The Balaban J connectivity index is 1.79. The van der Waals surface area contributed by atoms with E-state index in [1.165, 1.54) is 16.7 Å². The smallest absolute Gasteiger partial charge is 0.0473 e. The highest BCUT2D eigenvalue weighted by atomic mass is 35.5. The lowest BCUT2D eigenvalue weighted by molar-refractivity contribution is 0.518. The number of alkyl halides is 1. The molecule has 1 nitrogen and oxygen atoms in total. The summed E-state index contributed by atoms with van der Waals surface area (Å²) in [6.07, 6.45) is 4.79. The van der Waals surface area contributed by atoms with Gasteiger partial charge in [-0.05, 0) is 41.2 Å².